The molecule has 1 aliphatic carbocycles. The van der Waals surface area contributed by atoms with Crippen LogP contribution in [0.5, 0.6) is 0 Å². The third-order valence-electron chi connectivity index (χ3n) is 2.75. The number of rotatable bonds is 3. The quantitative estimate of drug-likeness (QED) is 0.576. The third kappa shape index (κ3) is 3.34. The summed E-state index contributed by atoms with van der Waals surface area (Å²) >= 11 is 0. The molecule has 0 aromatic rings. The van der Waals surface area contributed by atoms with E-state index in [1.54, 1.807) is 13.8 Å². The summed E-state index contributed by atoms with van der Waals surface area (Å²) in [7, 11) is 0. The van der Waals surface area contributed by atoms with Crippen molar-refractivity contribution in [2.75, 3.05) is 6.61 Å². The van der Waals surface area contributed by atoms with E-state index in [2.05, 4.69) is 0 Å². The summed E-state index contributed by atoms with van der Waals surface area (Å²) in [5, 5.41) is 9.60. The van der Waals surface area contributed by atoms with Crippen molar-refractivity contribution in [1.82, 2.24) is 0 Å². The molecule has 0 aromatic carbocycles. The molecule has 0 heterocycles. The van der Waals surface area contributed by atoms with Crippen molar-refractivity contribution in [2.45, 2.75) is 52.1 Å². The van der Waals surface area contributed by atoms with Gasteiger partial charge in [-0.1, -0.05) is 12.0 Å². The fourth-order valence-corrected chi connectivity index (χ4v) is 2.07. The maximum Gasteiger partial charge on any atom is 0.336 e. The molecule has 0 aromatic heterocycles. The first kappa shape index (κ1) is 12.2. The summed E-state index contributed by atoms with van der Waals surface area (Å²) < 4.78 is 4.96. The molecule has 0 saturated heterocycles. The number of aliphatic hydroxyl groups is 1. The molecule has 1 aliphatic rings. The molecule has 0 amide bonds. The Bertz CT molecular complexity index is 246. The van der Waals surface area contributed by atoms with Gasteiger partial charge in [-0.15, -0.1) is 0 Å². The van der Waals surface area contributed by atoms with Crippen LogP contribution in [0.15, 0.2) is 11.1 Å². The van der Waals surface area contributed by atoms with Crippen LogP contribution in [-0.4, -0.2) is 23.8 Å². The number of hydrogen-bond acceptors (Lipinski definition) is 3. The predicted molar refractivity (Wildman–Crippen MR) is 58.4 cm³/mol. The van der Waals surface area contributed by atoms with Crippen LogP contribution >= 0.6 is 0 Å². The van der Waals surface area contributed by atoms with Crippen molar-refractivity contribution in [3.05, 3.63) is 11.1 Å². The van der Waals surface area contributed by atoms with E-state index in [-0.39, 0.29) is 5.97 Å². The molecule has 0 radical (unpaired) electrons. The minimum Gasteiger partial charge on any atom is -0.463 e. The monoisotopic (exact) mass is 212 g/mol. The van der Waals surface area contributed by atoms with Gasteiger partial charge in [-0.2, -0.15) is 0 Å². The summed E-state index contributed by atoms with van der Waals surface area (Å²) in [5.74, 6) is -0.343. The van der Waals surface area contributed by atoms with Crippen LogP contribution in [0.1, 0.15) is 46.0 Å². The maximum absolute atomic E-state index is 11.6. The van der Waals surface area contributed by atoms with Crippen LogP contribution in [0, 0.1) is 0 Å². The maximum atomic E-state index is 11.6. The largest absolute Gasteiger partial charge is 0.463 e. The minimum atomic E-state index is -0.711. The average Bonchev–Trinajstić information content (AvgIpc) is 2.19. The fourth-order valence-electron chi connectivity index (χ4n) is 2.07. The Labute approximate surface area is 91.1 Å². The van der Waals surface area contributed by atoms with Gasteiger partial charge in [0.2, 0.25) is 0 Å². The predicted octanol–water partition coefficient (Wildman–Crippen LogP) is 2.19. The number of ether oxygens (including phenoxy) is 1. The van der Waals surface area contributed by atoms with Crippen molar-refractivity contribution in [3.63, 3.8) is 0 Å². The van der Waals surface area contributed by atoms with Gasteiger partial charge in [0.1, 0.15) is 0 Å². The molecular weight excluding hydrogens is 192 g/mol. The van der Waals surface area contributed by atoms with Gasteiger partial charge in [-0.05, 0) is 39.5 Å². The van der Waals surface area contributed by atoms with Gasteiger partial charge in [0.15, 0.2) is 0 Å². The second kappa shape index (κ2) is 5.91. The Kier molecular flexibility index (Phi) is 4.82. The average molecular weight is 212 g/mol. The molecule has 3 nitrogen and oxygen atoms in total. The molecule has 1 fully saturated rings. The molecule has 0 bridgehead atoms. The van der Waals surface area contributed by atoms with E-state index in [1.165, 1.54) is 6.42 Å². The number of hydrogen-bond donors (Lipinski definition) is 1. The lowest BCUT2D eigenvalue weighted by Gasteiger charge is -2.19. The van der Waals surface area contributed by atoms with E-state index in [0.717, 1.165) is 31.3 Å². The lowest BCUT2D eigenvalue weighted by atomic mass is 9.89. The first-order valence-electron chi connectivity index (χ1n) is 5.74. The topological polar surface area (TPSA) is 46.5 Å². The molecule has 1 rings (SSSR count). The SMILES string of the molecule is CCOC(=O)C(=C1CCCCC1)C(C)O. The highest BCUT2D eigenvalue weighted by molar-refractivity contribution is 5.90. The molecule has 1 N–H and O–H groups in total. The van der Waals surface area contributed by atoms with Gasteiger partial charge in [0, 0.05) is 0 Å². The van der Waals surface area contributed by atoms with Crippen LogP contribution in [0.25, 0.3) is 0 Å². The Hall–Kier alpha value is -0.830. The highest BCUT2D eigenvalue weighted by atomic mass is 16.5. The van der Waals surface area contributed by atoms with Crippen LogP contribution in [0.2, 0.25) is 0 Å². The van der Waals surface area contributed by atoms with Gasteiger partial charge < -0.3 is 9.84 Å². The number of aliphatic hydroxyl groups excluding tert-OH is 1. The summed E-state index contributed by atoms with van der Waals surface area (Å²) in [6.45, 7) is 3.78. The lowest BCUT2D eigenvalue weighted by Crippen LogP contribution is -2.20. The highest BCUT2D eigenvalue weighted by Crippen LogP contribution is 2.27. The van der Waals surface area contributed by atoms with E-state index >= 15 is 0 Å². The Balaban J connectivity index is 2.83. The third-order valence-corrected chi connectivity index (χ3v) is 2.75. The molecular formula is C12H20O3. The summed E-state index contributed by atoms with van der Waals surface area (Å²) in [5.41, 5.74) is 1.59. The second-order valence-corrected chi connectivity index (χ2v) is 3.97. The number of carbonyl (C=O) groups excluding carboxylic acids is 1. The molecule has 1 saturated carbocycles. The molecule has 86 valence electrons. The zero-order valence-corrected chi connectivity index (χ0v) is 9.58. The fraction of sp³-hybridized carbons (Fsp3) is 0.750. The van der Waals surface area contributed by atoms with E-state index < -0.39 is 6.10 Å². The lowest BCUT2D eigenvalue weighted by molar-refractivity contribution is -0.139. The van der Waals surface area contributed by atoms with Crippen molar-refractivity contribution < 1.29 is 14.6 Å². The smallest absolute Gasteiger partial charge is 0.336 e. The van der Waals surface area contributed by atoms with Crippen LogP contribution in [0.3, 0.4) is 0 Å². The van der Waals surface area contributed by atoms with E-state index in [4.69, 9.17) is 4.74 Å². The Morgan fingerprint density at radius 3 is 2.47 bits per heavy atom. The molecule has 3 heteroatoms. The Morgan fingerprint density at radius 1 is 1.40 bits per heavy atom. The van der Waals surface area contributed by atoms with Crippen molar-refractivity contribution in [2.24, 2.45) is 0 Å². The van der Waals surface area contributed by atoms with Crippen molar-refractivity contribution in [1.29, 1.82) is 0 Å². The molecule has 15 heavy (non-hydrogen) atoms. The zero-order valence-electron chi connectivity index (χ0n) is 9.58. The van der Waals surface area contributed by atoms with Gasteiger partial charge in [0.25, 0.3) is 0 Å². The number of carbonyl (C=O) groups is 1. The van der Waals surface area contributed by atoms with Gasteiger partial charge in [0.05, 0.1) is 18.3 Å². The number of esters is 1. The van der Waals surface area contributed by atoms with Crippen LogP contribution in [0.4, 0.5) is 0 Å². The van der Waals surface area contributed by atoms with Gasteiger partial charge >= 0.3 is 5.97 Å². The first-order valence-corrected chi connectivity index (χ1v) is 5.74. The van der Waals surface area contributed by atoms with Crippen LogP contribution < -0.4 is 0 Å². The van der Waals surface area contributed by atoms with Crippen molar-refractivity contribution in [3.8, 4) is 0 Å². The Morgan fingerprint density at radius 2 is 2.00 bits per heavy atom. The molecule has 0 aliphatic heterocycles. The summed E-state index contributed by atoms with van der Waals surface area (Å²) in [6.07, 6.45) is 4.60. The summed E-state index contributed by atoms with van der Waals surface area (Å²) in [4.78, 5) is 11.6. The minimum absolute atomic E-state index is 0.343. The highest BCUT2D eigenvalue weighted by Gasteiger charge is 2.22. The normalized spacial score (nSPS) is 18.5. The first-order chi connectivity index (χ1) is 7.16. The molecule has 0 spiro atoms. The summed E-state index contributed by atoms with van der Waals surface area (Å²) in [6, 6.07) is 0. The second-order valence-electron chi connectivity index (χ2n) is 3.97. The van der Waals surface area contributed by atoms with Crippen LogP contribution in [-0.2, 0) is 9.53 Å². The van der Waals surface area contributed by atoms with E-state index in [1.807, 2.05) is 0 Å². The zero-order chi connectivity index (χ0) is 11.3. The van der Waals surface area contributed by atoms with E-state index in [9.17, 15) is 9.90 Å². The standard InChI is InChI=1S/C12H20O3/c1-3-15-12(14)11(9(2)13)10-7-5-4-6-8-10/h9,13H,3-8H2,1-2H3. The van der Waals surface area contributed by atoms with Crippen molar-refractivity contribution >= 4 is 5.97 Å². The molecule has 1 atom stereocenters. The molecule has 1 unspecified atom stereocenters. The van der Waals surface area contributed by atoms with Gasteiger partial charge in [-0.3, -0.25) is 0 Å². The van der Waals surface area contributed by atoms with Gasteiger partial charge in [-0.25, -0.2) is 4.79 Å². The number of allylic oxidation sites excluding steroid dienone is 1. The van der Waals surface area contributed by atoms with E-state index in [0.29, 0.717) is 12.2 Å².